The molecule has 0 radical (unpaired) electrons. The van der Waals surface area contributed by atoms with Crippen LogP contribution in [0, 0.1) is 11.7 Å². The van der Waals surface area contributed by atoms with Crippen molar-refractivity contribution in [3.63, 3.8) is 0 Å². The number of likely N-dealkylation sites (tertiary alicyclic amines) is 1. The zero-order valence-electron chi connectivity index (χ0n) is 17.4. The van der Waals surface area contributed by atoms with Crippen molar-refractivity contribution in [2.24, 2.45) is 20.0 Å². The van der Waals surface area contributed by atoms with Crippen molar-refractivity contribution in [3.05, 3.63) is 69.9 Å². The number of hydrogen-bond donors (Lipinski definition) is 1. The molecular formula is C23H27FN4O2. The molecule has 1 saturated heterocycles. The van der Waals surface area contributed by atoms with E-state index in [1.165, 1.54) is 12.1 Å². The number of aryl methyl sites for hydroxylation is 2. The number of benzene rings is 2. The van der Waals surface area contributed by atoms with E-state index < -0.39 is 0 Å². The molecule has 1 N–H and O–H groups in total. The van der Waals surface area contributed by atoms with Gasteiger partial charge in [0.1, 0.15) is 5.82 Å². The second kappa shape index (κ2) is 8.44. The highest BCUT2D eigenvalue weighted by Crippen LogP contribution is 2.19. The van der Waals surface area contributed by atoms with Crippen LogP contribution in [0.25, 0.3) is 11.0 Å². The summed E-state index contributed by atoms with van der Waals surface area (Å²) in [5.74, 6) is 0.131. The summed E-state index contributed by atoms with van der Waals surface area (Å²) in [6.07, 6.45) is 2.04. The van der Waals surface area contributed by atoms with Gasteiger partial charge in [0.2, 0.25) is 0 Å². The normalized spacial score (nSPS) is 15.6. The Labute approximate surface area is 174 Å². The lowest BCUT2D eigenvalue weighted by molar-refractivity contribution is 0.0935. The van der Waals surface area contributed by atoms with Gasteiger partial charge < -0.3 is 5.32 Å². The Kier molecular flexibility index (Phi) is 5.72. The standard InChI is InChI=1S/C23H27FN4O2/c1-26-20-8-5-18(13-21(20)27(2)23(26)30)22(29)25-14-16-9-11-28(12-10-16)15-17-3-6-19(24)7-4-17/h3-8,13,16H,9-12,14-15H2,1-2H3,(H,25,29). The fourth-order valence-corrected chi connectivity index (χ4v) is 4.18. The van der Waals surface area contributed by atoms with Gasteiger partial charge in [0.15, 0.2) is 0 Å². The molecule has 0 saturated carbocycles. The van der Waals surface area contributed by atoms with Gasteiger partial charge in [-0.1, -0.05) is 12.1 Å². The zero-order chi connectivity index (χ0) is 21.3. The van der Waals surface area contributed by atoms with Crippen LogP contribution in [0.15, 0.2) is 47.3 Å². The number of fused-ring (bicyclic) bond motifs is 1. The summed E-state index contributed by atoms with van der Waals surface area (Å²) in [4.78, 5) is 27.1. The largest absolute Gasteiger partial charge is 0.352 e. The lowest BCUT2D eigenvalue weighted by Crippen LogP contribution is -2.38. The van der Waals surface area contributed by atoms with Crippen LogP contribution in [0.2, 0.25) is 0 Å². The number of carbonyl (C=O) groups is 1. The Balaban J connectivity index is 1.29. The van der Waals surface area contributed by atoms with Gasteiger partial charge >= 0.3 is 5.69 Å². The van der Waals surface area contributed by atoms with Crippen molar-refractivity contribution in [2.45, 2.75) is 19.4 Å². The van der Waals surface area contributed by atoms with Gasteiger partial charge in [-0.05, 0) is 67.7 Å². The van der Waals surface area contributed by atoms with E-state index in [1.807, 2.05) is 18.2 Å². The third-order valence-corrected chi connectivity index (χ3v) is 6.11. The van der Waals surface area contributed by atoms with Gasteiger partial charge in [0.25, 0.3) is 5.91 Å². The number of imidazole rings is 1. The molecule has 0 aliphatic carbocycles. The first-order chi connectivity index (χ1) is 14.4. The van der Waals surface area contributed by atoms with Crippen molar-refractivity contribution in [3.8, 4) is 0 Å². The lowest BCUT2D eigenvalue weighted by Gasteiger charge is -2.32. The average molecular weight is 410 g/mol. The van der Waals surface area contributed by atoms with Crippen molar-refractivity contribution in [1.29, 1.82) is 0 Å². The van der Waals surface area contributed by atoms with Crippen molar-refractivity contribution in [1.82, 2.24) is 19.4 Å². The highest BCUT2D eigenvalue weighted by molar-refractivity contribution is 5.97. The Morgan fingerprint density at radius 3 is 2.40 bits per heavy atom. The fraction of sp³-hybridized carbons (Fsp3) is 0.391. The number of rotatable bonds is 5. The molecule has 0 spiro atoms. The van der Waals surface area contributed by atoms with Crippen molar-refractivity contribution < 1.29 is 9.18 Å². The van der Waals surface area contributed by atoms with Gasteiger partial charge in [-0.3, -0.25) is 18.8 Å². The van der Waals surface area contributed by atoms with Gasteiger partial charge in [0.05, 0.1) is 11.0 Å². The molecule has 1 aromatic heterocycles. The summed E-state index contributed by atoms with van der Waals surface area (Å²) in [6, 6.07) is 12.0. The molecule has 7 heteroatoms. The molecule has 0 atom stereocenters. The molecular weight excluding hydrogens is 383 g/mol. The van der Waals surface area contributed by atoms with Crippen LogP contribution in [-0.2, 0) is 20.6 Å². The van der Waals surface area contributed by atoms with Gasteiger partial charge in [-0.25, -0.2) is 9.18 Å². The number of carbonyl (C=O) groups excluding carboxylic acids is 1. The maximum Gasteiger partial charge on any atom is 0.328 e. The minimum atomic E-state index is -0.207. The topological polar surface area (TPSA) is 59.3 Å². The van der Waals surface area contributed by atoms with Gasteiger partial charge in [-0.2, -0.15) is 0 Å². The highest BCUT2D eigenvalue weighted by Gasteiger charge is 2.20. The van der Waals surface area contributed by atoms with E-state index in [0.717, 1.165) is 49.1 Å². The second-order valence-corrected chi connectivity index (χ2v) is 8.16. The summed E-state index contributed by atoms with van der Waals surface area (Å²) >= 11 is 0. The monoisotopic (exact) mass is 410 g/mol. The van der Waals surface area contributed by atoms with Gasteiger partial charge in [0, 0.05) is 32.7 Å². The van der Waals surface area contributed by atoms with Crippen LogP contribution >= 0.6 is 0 Å². The summed E-state index contributed by atoms with van der Waals surface area (Å²) in [6.45, 7) is 3.41. The highest BCUT2D eigenvalue weighted by atomic mass is 19.1. The van der Waals surface area contributed by atoms with Gasteiger partial charge in [-0.15, -0.1) is 0 Å². The van der Waals surface area contributed by atoms with Crippen molar-refractivity contribution >= 4 is 16.9 Å². The Bertz CT molecular complexity index is 1110. The number of nitrogens with one attached hydrogen (secondary N) is 1. The predicted octanol–water partition coefficient (Wildman–Crippen LogP) is 2.66. The maximum absolute atomic E-state index is 13.0. The van der Waals surface area contributed by atoms with Crippen LogP contribution < -0.4 is 11.0 Å². The number of halogens is 1. The summed E-state index contributed by atoms with van der Waals surface area (Å²) in [5.41, 5.74) is 3.15. The van der Waals surface area contributed by atoms with Crippen LogP contribution in [0.4, 0.5) is 4.39 Å². The second-order valence-electron chi connectivity index (χ2n) is 8.16. The minimum Gasteiger partial charge on any atom is -0.352 e. The van der Waals surface area contributed by atoms with Crippen molar-refractivity contribution in [2.75, 3.05) is 19.6 Å². The molecule has 2 aromatic carbocycles. The fourth-order valence-electron chi connectivity index (χ4n) is 4.18. The molecule has 4 rings (SSSR count). The average Bonchev–Trinajstić information content (AvgIpc) is 2.98. The van der Waals surface area contributed by atoms with Crippen LogP contribution in [0.5, 0.6) is 0 Å². The van der Waals surface area contributed by atoms with E-state index in [4.69, 9.17) is 0 Å². The summed E-state index contributed by atoms with van der Waals surface area (Å²) in [7, 11) is 3.44. The number of aromatic nitrogens is 2. The van der Waals surface area contributed by atoms with Crippen LogP contribution in [-0.4, -0.2) is 39.6 Å². The Hall–Kier alpha value is -2.93. The van der Waals surface area contributed by atoms with E-state index in [9.17, 15) is 14.0 Å². The number of nitrogens with zero attached hydrogens (tertiary/aromatic N) is 3. The smallest absolute Gasteiger partial charge is 0.328 e. The molecule has 1 aliphatic rings. The van der Waals surface area contributed by atoms with E-state index in [-0.39, 0.29) is 17.4 Å². The molecule has 3 aromatic rings. The number of amides is 1. The molecule has 0 unspecified atom stereocenters. The first-order valence-corrected chi connectivity index (χ1v) is 10.3. The van der Waals surface area contributed by atoms with E-state index in [1.54, 1.807) is 35.4 Å². The minimum absolute atomic E-state index is 0.102. The Morgan fingerprint density at radius 2 is 1.70 bits per heavy atom. The molecule has 2 heterocycles. The molecule has 1 aliphatic heterocycles. The molecule has 158 valence electrons. The lowest BCUT2D eigenvalue weighted by atomic mass is 9.96. The summed E-state index contributed by atoms with van der Waals surface area (Å²) < 4.78 is 16.2. The quantitative estimate of drug-likeness (QED) is 0.704. The number of piperidine rings is 1. The molecule has 0 bridgehead atoms. The first-order valence-electron chi connectivity index (χ1n) is 10.3. The SMILES string of the molecule is Cn1c(=O)n(C)c2cc(C(=O)NCC3CCN(Cc4ccc(F)cc4)CC3)ccc21. The summed E-state index contributed by atoms with van der Waals surface area (Å²) in [5, 5.41) is 3.05. The molecule has 1 amide bonds. The molecule has 1 fully saturated rings. The Morgan fingerprint density at radius 1 is 1.03 bits per heavy atom. The van der Waals surface area contributed by atoms with E-state index >= 15 is 0 Å². The zero-order valence-corrected chi connectivity index (χ0v) is 17.4. The van der Waals surface area contributed by atoms with Crippen LogP contribution in [0.1, 0.15) is 28.8 Å². The van der Waals surface area contributed by atoms with E-state index in [2.05, 4.69) is 10.2 Å². The number of hydrogen-bond acceptors (Lipinski definition) is 3. The predicted molar refractivity (Wildman–Crippen MR) is 115 cm³/mol. The molecule has 6 nitrogen and oxygen atoms in total. The maximum atomic E-state index is 13.0. The first kappa shape index (κ1) is 20.3. The third-order valence-electron chi connectivity index (χ3n) is 6.11. The third kappa shape index (κ3) is 4.16. The van der Waals surface area contributed by atoms with E-state index in [0.29, 0.717) is 18.0 Å². The van der Waals surface area contributed by atoms with Crippen LogP contribution in [0.3, 0.4) is 0 Å². The molecule has 30 heavy (non-hydrogen) atoms.